The predicted octanol–water partition coefficient (Wildman–Crippen LogP) is 8.09. The van der Waals surface area contributed by atoms with E-state index in [-0.39, 0.29) is 0 Å². The maximum Gasteiger partial charge on any atom is 0.247 e. The van der Waals surface area contributed by atoms with Crippen LogP contribution in [0.4, 0.5) is 0 Å². The van der Waals surface area contributed by atoms with Crippen LogP contribution in [0.2, 0.25) is 0 Å². The van der Waals surface area contributed by atoms with Gasteiger partial charge in [-0.15, -0.1) is 10.2 Å². The van der Waals surface area contributed by atoms with Gasteiger partial charge in [0.15, 0.2) is 0 Å². The van der Waals surface area contributed by atoms with E-state index in [2.05, 4.69) is 48.3 Å². The summed E-state index contributed by atoms with van der Waals surface area (Å²) in [4.78, 5) is 0. The summed E-state index contributed by atoms with van der Waals surface area (Å²) in [5, 5.41) is 8.72. The normalized spacial score (nSPS) is 18.4. The summed E-state index contributed by atoms with van der Waals surface area (Å²) in [6.07, 6.45) is 11.9. The molecule has 0 aliphatic heterocycles. The van der Waals surface area contributed by atoms with Crippen LogP contribution in [-0.2, 0) is 6.42 Å². The fourth-order valence-electron chi connectivity index (χ4n) is 4.75. The molecule has 1 fully saturated rings. The van der Waals surface area contributed by atoms with Gasteiger partial charge in [0.1, 0.15) is 5.75 Å². The molecule has 33 heavy (non-hydrogen) atoms. The van der Waals surface area contributed by atoms with Gasteiger partial charge in [0.25, 0.3) is 0 Å². The average molecular weight is 447 g/mol. The van der Waals surface area contributed by atoms with E-state index < -0.39 is 0 Å². The van der Waals surface area contributed by atoms with Crippen LogP contribution >= 0.6 is 0 Å². The first-order chi connectivity index (χ1) is 16.3. The quantitative estimate of drug-likeness (QED) is 0.279. The molecule has 0 spiro atoms. The summed E-state index contributed by atoms with van der Waals surface area (Å²) < 4.78 is 11.8. The third-order valence-electron chi connectivity index (χ3n) is 6.91. The zero-order valence-corrected chi connectivity index (χ0v) is 20.3. The number of benzene rings is 2. The molecule has 4 rings (SSSR count). The molecule has 0 amide bonds. The van der Waals surface area contributed by atoms with Crippen molar-refractivity contribution >= 4 is 0 Å². The van der Waals surface area contributed by atoms with E-state index in [0.29, 0.717) is 17.7 Å². The first-order valence-corrected chi connectivity index (χ1v) is 12.9. The van der Waals surface area contributed by atoms with Gasteiger partial charge in [0.2, 0.25) is 11.8 Å². The number of hydrogen-bond donors (Lipinski definition) is 0. The van der Waals surface area contributed by atoms with Gasteiger partial charge in [-0.05, 0) is 86.3 Å². The number of aromatic nitrogens is 2. The van der Waals surface area contributed by atoms with Gasteiger partial charge in [-0.1, -0.05) is 57.4 Å². The molecule has 2 aromatic carbocycles. The topological polar surface area (TPSA) is 48.2 Å². The van der Waals surface area contributed by atoms with Gasteiger partial charge < -0.3 is 9.15 Å². The molecule has 176 valence electrons. The molecular formula is C29H38N2O2. The molecule has 0 bridgehead atoms. The van der Waals surface area contributed by atoms with Crippen LogP contribution in [0.3, 0.4) is 0 Å². The minimum Gasteiger partial charge on any atom is -0.494 e. The molecule has 0 N–H and O–H groups in total. The second kappa shape index (κ2) is 12.0. The van der Waals surface area contributed by atoms with Crippen LogP contribution < -0.4 is 4.74 Å². The first-order valence-electron chi connectivity index (χ1n) is 12.9. The molecule has 0 unspecified atom stereocenters. The number of aryl methyl sites for hydroxylation is 1. The highest BCUT2D eigenvalue weighted by atomic mass is 16.5. The third kappa shape index (κ3) is 6.46. The van der Waals surface area contributed by atoms with Gasteiger partial charge in [0.05, 0.1) is 6.61 Å². The van der Waals surface area contributed by atoms with E-state index >= 15 is 0 Å². The van der Waals surface area contributed by atoms with E-state index in [9.17, 15) is 0 Å². The van der Waals surface area contributed by atoms with Crippen molar-refractivity contribution in [1.82, 2.24) is 10.2 Å². The van der Waals surface area contributed by atoms with Crippen molar-refractivity contribution in [2.24, 2.45) is 0 Å². The van der Waals surface area contributed by atoms with E-state index in [1.54, 1.807) is 0 Å². The Hall–Kier alpha value is -2.62. The van der Waals surface area contributed by atoms with Crippen molar-refractivity contribution in [2.75, 3.05) is 6.61 Å². The lowest BCUT2D eigenvalue weighted by molar-refractivity contribution is 0.309. The van der Waals surface area contributed by atoms with Crippen molar-refractivity contribution in [3.8, 4) is 17.2 Å². The maximum absolute atomic E-state index is 6.09. The van der Waals surface area contributed by atoms with Gasteiger partial charge >= 0.3 is 0 Å². The zero-order valence-electron chi connectivity index (χ0n) is 20.3. The fourth-order valence-corrected chi connectivity index (χ4v) is 4.75. The predicted molar refractivity (Wildman–Crippen MR) is 134 cm³/mol. The zero-order chi connectivity index (χ0) is 22.9. The summed E-state index contributed by atoms with van der Waals surface area (Å²) in [6.45, 7) is 5.18. The molecule has 1 saturated carbocycles. The van der Waals surface area contributed by atoms with Crippen LogP contribution in [0.5, 0.6) is 5.75 Å². The monoisotopic (exact) mass is 446 g/mol. The van der Waals surface area contributed by atoms with Gasteiger partial charge in [-0.25, -0.2) is 0 Å². The van der Waals surface area contributed by atoms with E-state index in [0.717, 1.165) is 49.5 Å². The fraction of sp³-hybridized carbons (Fsp3) is 0.517. The van der Waals surface area contributed by atoms with Crippen LogP contribution in [0.1, 0.15) is 100 Å². The minimum atomic E-state index is 0.368. The summed E-state index contributed by atoms with van der Waals surface area (Å²) in [5.41, 5.74) is 3.91. The van der Waals surface area contributed by atoms with Crippen molar-refractivity contribution in [3.05, 3.63) is 65.5 Å². The number of hydrogen-bond acceptors (Lipinski definition) is 4. The lowest BCUT2D eigenvalue weighted by Gasteiger charge is -2.27. The van der Waals surface area contributed by atoms with E-state index in [4.69, 9.17) is 9.15 Å². The number of unbranched alkanes of at least 4 members (excludes halogenated alkanes) is 3. The minimum absolute atomic E-state index is 0.368. The van der Waals surface area contributed by atoms with Gasteiger partial charge in [-0.3, -0.25) is 0 Å². The van der Waals surface area contributed by atoms with E-state index in [1.165, 1.54) is 49.7 Å². The molecule has 1 aliphatic rings. The largest absolute Gasteiger partial charge is 0.494 e. The number of rotatable bonds is 11. The van der Waals surface area contributed by atoms with Crippen molar-refractivity contribution in [3.63, 3.8) is 0 Å². The van der Waals surface area contributed by atoms with Crippen molar-refractivity contribution in [2.45, 2.75) is 89.9 Å². The first kappa shape index (κ1) is 23.5. The number of nitrogens with zero attached hydrogens (tertiary/aromatic N) is 2. The molecule has 0 atom stereocenters. The average Bonchev–Trinajstić information content (AvgIpc) is 3.36. The molecule has 1 heterocycles. The summed E-state index contributed by atoms with van der Waals surface area (Å²) in [5.74, 6) is 3.30. The molecule has 4 heteroatoms. The molecule has 4 nitrogen and oxygen atoms in total. The standard InChI is InChI=1S/C29H38N2O2/c1-3-5-7-8-22-9-11-23(12-10-22)24-13-15-25(16-14-24)28-30-31-29(33-28)26-17-19-27(20-18-26)32-21-6-4-2/h9-12,17-20,24-25H,3-8,13-16,21H2,1-2H3. The Kier molecular flexibility index (Phi) is 8.57. The maximum atomic E-state index is 6.09. The van der Waals surface area contributed by atoms with Crippen LogP contribution in [0.25, 0.3) is 11.5 Å². The Morgan fingerprint density at radius 2 is 1.48 bits per heavy atom. The molecule has 0 saturated heterocycles. The second-order valence-corrected chi connectivity index (χ2v) is 9.42. The lowest BCUT2D eigenvalue weighted by atomic mass is 9.78. The van der Waals surface area contributed by atoms with Crippen LogP contribution in [0.15, 0.2) is 52.9 Å². The molecule has 1 aromatic heterocycles. The number of ether oxygens (including phenoxy) is 1. The lowest BCUT2D eigenvalue weighted by Crippen LogP contribution is -2.12. The highest BCUT2D eigenvalue weighted by Crippen LogP contribution is 2.40. The highest BCUT2D eigenvalue weighted by Gasteiger charge is 2.27. The Morgan fingerprint density at radius 1 is 0.788 bits per heavy atom. The Labute approximate surface area is 198 Å². The van der Waals surface area contributed by atoms with Crippen molar-refractivity contribution in [1.29, 1.82) is 0 Å². The highest BCUT2D eigenvalue weighted by molar-refractivity contribution is 5.54. The van der Waals surface area contributed by atoms with Gasteiger partial charge in [-0.2, -0.15) is 0 Å². The SMILES string of the molecule is CCCCCc1ccc(C2CCC(c3nnc(-c4ccc(OCCCC)cc4)o3)CC2)cc1. The summed E-state index contributed by atoms with van der Waals surface area (Å²) in [6, 6.07) is 17.3. The molecular weight excluding hydrogens is 408 g/mol. The van der Waals surface area contributed by atoms with Crippen LogP contribution in [-0.4, -0.2) is 16.8 Å². The smallest absolute Gasteiger partial charge is 0.247 e. The Balaban J connectivity index is 1.29. The Morgan fingerprint density at radius 3 is 2.18 bits per heavy atom. The molecule has 3 aromatic rings. The third-order valence-corrected chi connectivity index (χ3v) is 6.91. The Bertz CT molecular complexity index is 954. The van der Waals surface area contributed by atoms with Crippen LogP contribution in [0, 0.1) is 0 Å². The van der Waals surface area contributed by atoms with E-state index in [1.807, 2.05) is 24.3 Å². The second-order valence-electron chi connectivity index (χ2n) is 9.42. The van der Waals surface area contributed by atoms with Crippen molar-refractivity contribution < 1.29 is 9.15 Å². The summed E-state index contributed by atoms with van der Waals surface area (Å²) >= 11 is 0. The molecule has 1 aliphatic carbocycles. The molecule has 0 radical (unpaired) electrons. The summed E-state index contributed by atoms with van der Waals surface area (Å²) in [7, 11) is 0. The van der Waals surface area contributed by atoms with Gasteiger partial charge in [0, 0.05) is 11.5 Å².